The highest BCUT2D eigenvalue weighted by Gasteiger charge is 2.05. The number of fused-ring (bicyclic) bond motifs is 2. The minimum Gasteiger partial charge on any atom is -0.327 e. The van der Waals surface area contributed by atoms with E-state index >= 15 is 0 Å². The predicted molar refractivity (Wildman–Crippen MR) is 108 cm³/mol. The minimum atomic E-state index is 0.823. The highest BCUT2D eigenvalue weighted by atomic mass is 15.0. The molecule has 0 radical (unpaired) electrons. The number of imidazole rings is 2. The third-order valence-electron chi connectivity index (χ3n) is 5.24. The maximum atomic E-state index is 4.52. The summed E-state index contributed by atoms with van der Waals surface area (Å²) in [7, 11) is 0. The Morgan fingerprint density at radius 2 is 1.04 bits per heavy atom. The molecule has 2 heterocycles. The summed E-state index contributed by atoms with van der Waals surface area (Å²) in [6, 6.07) is 8.76. The van der Waals surface area contributed by atoms with Gasteiger partial charge < -0.3 is 9.13 Å². The van der Waals surface area contributed by atoms with Crippen LogP contribution in [0, 0.1) is 27.7 Å². The van der Waals surface area contributed by atoms with Crippen molar-refractivity contribution >= 4 is 22.1 Å². The maximum Gasteiger partial charge on any atom is 0.0961 e. The molecule has 132 valence electrons. The maximum absolute atomic E-state index is 4.52. The lowest BCUT2D eigenvalue weighted by Gasteiger charge is -2.04. The number of nitrogens with zero attached hydrogens (tertiary/aromatic N) is 4. The van der Waals surface area contributed by atoms with Crippen LogP contribution in [0.5, 0.6) is 0 Å². The van der Waals surface area contributed by atoms with Crippen molar-refractivity contribution in [1.29, 1.82) is 0 Å². The summed E-state index contributed by atoms with van der Waals surface area (Å²) in [5.74, 6) is 0. The number of aromatic nitrogens is 4. The Balaban J connectivity index is 1.52. The standard InChI is InChI=1S/C22H24N4/c1-15-9-19-21(11-17(15)3)25(13-23-19)7-5-6-8-26-14-24-20-10-16(2)18(4)12-22(20)26/h5-6,9-14H,7-8H2,1-4H3/b6-5+. The second-order valence-corrected chi connectivity index (χ2v) is 7.12. The van der Waals surface area contributed by atoms with Crippen molar-refractivity contribution in [1.82, 2.24) is 19.1 Å². The van der Waals surface area contributed by atoms with E-state index in [9.17, 15) is 0 Å². The van der Waals surface area contributed by atoms with Crippen LogP contribution in [0.15, 0.2) is 49.1 Å². The molecule has 0 spiro atoms. The van der Waals surface area contributed by atoms with Crippen molar-refractivity contribution in [3.05, 3.63) is 71.3 Å². The molecule has 0 N–H and O–H groups in total. The van der Waals surface area contributed by atoms with E-state index in [1.807, 2.05) is 12.7 Å². The lowest BCUT2D eigenvalue weighted by atomic mass is 10.1. The summed E-state index contributed by atoms with van der Waals surface area (Å²) in [4.78, 5) is 9.04. The molecular weight excluding hydrogens is 320 g/mol. The van der Waals surface area contributed by atoms with E-state index in [1.54, 1.807) is 0 Å². The summed E-state index contributed by atoms with van der Waals surface area (Å²) in [6.07, 6.45) is 8.24. The first-order chi connectivity index (χ1) is 12.5. The fourth-order valence-electron chi connectivity index (χ4n) is 3.29. The fraction of sp³-hybridized carbons (Fsp3) is 0.273. The summed E-state index contributed by atoms with van der Waals surface area (Å²) < 4.78 is 4.38. The van der Waals surface area contributed by atoms with Crippen LogP contribution in [-0.2, 0) is 13.1 Å². The van der Waals surface area contributed by atoms with Crippen LogP contribution in [0.2, 0.25) is 0 Å². The van der Waals surface area contributed by atoms with Gasteiger partial charge in [-0.25, -0.2) is 9.97 Å². The Hall–Kier alpha value is -2.88. The molecule has 0 aliphatic heterocycles. The SMILES string of the molecule is Cc1cc2ncn(C/C=C/Cn3cnc4cc(C)c(C)cc43)c2cc1C. The number of hydrogen-bond acceptors (Lipinski definition) is 2. The quantitative estimate of drug-likeness (QED) is 0.495. The van der Waals surface area contributed by atoms with Crippen molar-refractivity contribution in [2.45, 2.75) is 40.8 Å². The molecule has 2 aromatic heterocycles. The summed E-state index contributed by atoms with van der Waals surface area (Å²) in [5, 5.41) is 0. The monoisotopic (exact) mass is 344 g/mol. The van der Waals surface area contributed by atoms with Gasteiger partial charge in [-0.1, -0.05) is 12.2 Å². The van der Waals surface area contributed by atoms with Crippen LogP contribution in [0.25, 0.3) is 22.1 Å². The number of aryl methyl sites for hydroxylation is 4. The first-order valence-electron chi connectivity index (χ1n) is 9.02. The lowest BCUT2D eigenvalue weighted by molar-refractivity contribution is 0.816. The van der Waals surface area contributed by atoms with Crippen LogP contribution in [0.1, 0.15) is 22.3 Å². The van der Waals surface area contributed by atoms with Crippen LogP contribution in [-0.4, -0.2) is 19.1 Å². The van der Waals surface area contributed by atoms with E-state index in [0.717, 1.165) is 24.1 Å². The molecule has 4 aromatic rings. The van der Waals surface area contributed by atoms with Crippen LogP contribution in [0.3, 0.4) is 0 Å². The van der Waals surface area contributed by atoms with E-state index in [1.165, 1.54) is 33.3 Å². The molecule has 4 nitrogen and oxygen atoms in total. The van der Waals surface area contributed by atoms with Crippen LogP contribution in [0.4, 0.5) is 0 Å². The minimum absolute atomic E-state index is 0.823. The molecule has 4 heteroatoms. The smallest absolute Gasteiger partial charge is 0.0961 e. The van der Waals surface area contributed by atoms with E-state index < -0.39 is 0 Å². The predicted octanol–water partition coefficient (Wildman–Crippen LogP) is 4.88. The van der Waals surface area contributed by atoms with E-state index in [0.29, 0.717) is 0 Å². The van der Waals surface area contributed by atoms with Crippen molar-refractivity contribution in [3.8, 4) is 0 Å². The molecule has 0 amide bonds. The number of benzene rings is 2. The Kier molecular flexibility index (Phi) is 4.11. The third-order valence-corrected chi connectivity index (χ3v) is 5.24. The van der Waals surface area contributed by atoms with E-state index in [2.05, 4.69) is 83.2 Å². The van der Waals surface area contributed by atoms with Gasteiger partial charge in [0.15, 0.2) is 0 Å². The van der Waals surface area contributed by atoms with Crippen molar-refractivity contribution in [3.63, 3.8) is 0 Å². The number of allylic oxidation sites excluding steroid dienone is 2. The molecule has 0 aliphatic rings. The van der Waals surface area contributed by atoms with Gasteiger partial charge >= 0.3 is 0 Å². The Labute approximate surface area is 153 Å². The molecule has 0 saturated carbocycles. The van der Waals surface area contributed by atoms with Crippen LogP contribution < -0.4 is 0 Å². The first kappa shape index (κ1) is 16.6. The molecule has 2 aromatic carbocycles. The van der Waals surface area contributed by atoms with Gasteiger partial charge in [-0.3, -0.25) is 0 Å². The van der Waals surface area contributed by atoms with Gasteiger partial charge in [0.1, 0.15) is 0 Å². The number of rotatable bonds is 4. The number of hydrogen-bond donors (Lipinski definition) is 0. The van der Waals surface area contributed by atoms with Crippen molar-refractivity contribution in [2.24, 2.45) is 0 Å². The highest BCUT2D eigenvalue weighted by Crippen LogP contribution is 2.19. The highest BCUT2D eigenvalue weighted by molar-refractivity contribution is 5.78. The Morgan fingerprint density at radius 1 is 0.654 bits per heavy atom. The normalized spacial score (nSPS) is 12.0. The largest absolute Gasteiger partial charge is 0.327 e. The molecule has 0 bridgehead atoms. The molecular formula is C22H24N4. The van der Waals surface area contributed by atoms with Crippen molar-refractivity contribution in [2.75, 3.05) is 0 Å². The summed E-state index contributed by atoms with van der Waals surface area (Å²) in [6.45, 7) is 10.2. The fourth-order valence-corrected chi connectivity index (χ4v) is 3.29. The van der Waals surface area contributed by atoms with E-state index in [-0.39, 0.29) is 0 Å². The first-order valence-corrected chi connectivity index (χ1v) is 9.02. The second-order valence-electron chi connectivity index (χ2n) is 7.12. The molecule has 26 heavy (non-hydrogen) atoms. The summed E-state index contributed by atoms with van der Waals surface area (Å²) in [5.41, 5.74) is 9.69. The van der Waals surface area contributed by atoms with Gasteiger partial charge in [0, 0.05) is 13.1 Å². The summed E-state index contributed by atoms with van der Waals surface area (Å²) >= 11 is 0. The van der Waals surface area contributed by atoms with Gasteiger partial charge in [-0.2, -0.15) is 0 Å². The van der Waals surface area contributed by atoms with Crippen molar-refractivity contribution < 1.29 is 0 Å². The molecule has 0 saturated heterocycles. The zero-order valence-electron chi connectivity index (χ0n) is 15.8. The van der Waals surface area contributed by atoms with Crippen LogP contribution >= 0.6 is 0 Å². The zero-order valence-corrected chi connectivity index (χ0v) is 15.8. The van der Waals surface area contributed by atoms with Gasteiger partial charge in [-0.15, -0.1) is 0 Å². The molecule has 0 atom stereocenters. The second kappa shape index (κ2) is 6.45. The molecule has 0 fully saturated rings. The third kappa shape index (κ3) is 2.92. The average molecular weight is 344 g/mol. The van der Waals surface area contributed by atoms with Gasteiger partial charge in [0.25, 0.3) is 0 Å². The average Bonchev–Trinajstić information content (AvgIpc) is 3.17. The Bertz CT molecular complexity index is 1040. The van der Waals surface area contributed by atoms with Gasteiger partial charge in [0.2, 0.25) is 0 Å². The van der Waals surface area contributed by atoms with Gasteiger partial charge in [-0.05, 0) is 74.2 Å². The zero-order chi connectivity index (χ0) is 18.3. The molecule has 4 rings (SSSR count). The lowest BCUT2D eigenvalue weighted by Crippen LogP contribution is -1.96. The molecule has 0 aliphatic carbocycles. The molecule has 0 unspecified atom stereocenters. The Morgan fingerprint density at radius 3 is 1.46 bits per heavy atom. The topological polar surface area (TPSA) is 35.6 Å². The van der Waals surface area contributed by atoms with E-state index in [4.69, 9.17) is 0 Å². The van der Waals surface area contributed by atoms with Gasteiger partial charge in [0.05, 0.1) is 34.7 Å².